The predicted molar refractivity (Wildman–Crippen MR) is 76.9 cm³/mol. The van der Waals surface area contributed by atoms with Crippen LogP contribution in [-0.4, -0.2) is 6.29 Å². The van der Waals surface area contributed by atoms with Crippen LogP contribution in [0.15, 0.2) is 42.5 Å². The molecule has 0 saturated carbocycles. The van der Waals surface area contributed by atoms with E-state index in [9.17, 15) is 18.0 Å². The van der Waals surface area contributed by atoms with Crippen LogP contribution in [0.3, 0.4) is 0 Å². The van der Waals surface area contributed by atoms with E-state index >= 15 is 0 Å². The van der Waals surface area contributed by atoms with Crippen LogP contribution in [0.5, 0.6) is 0 Å². The Labute approximate surface area is 120 Å². The van der Waals surface area contributed by atoms with Crippen LogP contribution in [0.2, 0.25) is 0 Å². The van der Waals surface area contributed by atoms with Gasteiger partial charge in [-0.25, -0.2) is 0 Å². The number of halogens is 3. The lowest BCUT2D eigenvalue weighted by Crippen LogP contribution is -2.04. The van der Waals surface area contributed by atoms with Crippen molar-refractivity contribution in [3.05, 3.63) is 70.3 Å². The first-order chi connectivity index (χ1) is 9.90. The number of hydrogen-bond donors (Lipinski definition) is 0. The van der Waals surface area contributed by atoms with E-state index in [1.54, 1.807) is 36.4 Å². The molecular formula is C17H13F3O. The number of benzene rings is 2. The quantitative estimate of drug-likeness (QED) is 0.574. The number of alkyl halides is 3. The van der Waals surface area contributed by atoms with Gasteiger partial charge in [-0.1, -0.05) is 36.4 Å². The van der Waals surface area contributed by atoms with Gasteiger partial charge in [-0.2, -0.15) is 13.2 Å². The molecule has 0 aliphatic carbocycles. The molecule has 0 amide bonds. The molecule has 21 heavy (non-hydrogen) atoms. The standard InChI is InChI=1S/C17H13F3O/c1-12-5-6-14(11-21)9-15(12)8-7-13-3-2-4-16(10-13)17(18,19)20/h2-11H,1H3/b8-7+. The second kappa shape index (κ2) is 5.95. The number of hydrogen-bond acceptors (Lipinski definition) is 1. The fraction of sp³-hybridized carbons (Fsp3) is 0.118. The zero-order valence-electron chi connectivity index (χ0n) is 11.3. The van der Waals surface area contributed by atoms with Crippen molar-refractivity contribution in [2.45, 2.75) is 13.1 Å². The summed E-state index contributed by atoms with van der Waals surface area (Å²) in [6.45, 7) is 1.88. The lowest BCUT2D eigenvalue weighted by Gasteiger charge is -2.07. The lowest BCUT2D eigenvalue weighted by molar-refractivity contribution is -0.137. The van der Waals surface area contributed by atoms with Crippen molar-refractivity contribution in [3.8, 4) is 0 Å². The highest BCUT2D eigenvalue weighted by Crippen LogP contribution is 2.29. The van der Waals surface area contributed by atoms with Crippen LogP contribution in [-0.2, 0) is 6.18 Å². The van der Waals surface area contributed by atoms with Gasteiger partial charge in [-0.3, -0.25) is 4.79 Å². The van der Waals surface area contributed by atoms with Crippen LogP contribution < -0.4 is 0 Å². The smallest absolute Gasteiger partial charge is 0.298 e. The number of carbonyl (C=O) groups excluding carboxylic acids is 1. The lowest BCUT2D eigenvalue weighted by atomic mass is 10.0. The number of aldehydes is 1. The van der Waals surface area contributed by atoms with E-state index < -0.39 is 11.7 Å². The molecule has 0 radical (unpaired) electrons. The SMILES string of the molecule is Cc1ccc(C=O)cc1/C=C/c1cccc(C(F)(F)F)c1. The zero-order chi connectivity index (χ0) is 15.5. The summed E-state index contributed by atoms with van der Waals surface area (Å²) < 4.78 is 37.9. The van der Waals surface area contributed by atoms with Gasteiger partial charge in [0, 0.05) is 5.56 Å². The van der Waals surface area contributed by atoms with E-state index in [4.69, 9.17) is 0 Å². The fourth-order valence-electron chi connectivity index (χ4n) is 1.92. The van der Waals surface area contributed by atoms with Gasteiger partial charge in [0.05, 0.1) is 5.56 Å². The maximum absolute atomic E-state index is 12.6. The Bertz CT molecular complexity index is 685. The molecule has 0 saturated heterocycles. The topological polar surface area (TPSA) is 17.1 Å². The fourth-order valence-corrected chi connectivity index (χ4v) is 1.92. The molecule has 108 valence electrons. The van der Waals surface area contributed by atoms with Crippen molar-refractivity contribution < 1.29 is 18.0 Å². The summed E-state index contributed by atoms with van der Waals surface area (Å²) in [6, 6.07) is 10.3. The minimum Gasteiger partial charge on any atom is -0.298 e. The van der Waals surface area contributed by atoms with Gasteiger partial charge < -0.3 is 0 Å². The third-order valence-electron chi connectivity index (χ3n) is 3.11. The molecule has 0 unspecified atom stereocenters. The Kier molecular flexibility index (Phi) is 4.26. The number of carbonyl (C=O) groups is 1. The summed E-state index contributed by atoms with van der Waals surface area (Å²) in [5, 5.41) is 0. The van der Waals surface area contributed by atoms with Gasteiger partial charge in [0.15, 0.2) is 0 Å². The summed E-state index contributed by atoms with van der Waals surface area (Å²) in [7, 11) is 0. The van der Waals surface area contributed by atoms with E-state index in [1.807, 2.05) is 6.92 Å². The highest BCUT2D eigenvalue weighted by molar-refractivity contribution is 5.79. The first-order valence-electron chi connectivity index (χ1n) is 6.31. The van der Waals surface area contributed by atoms with E-state index in [2.05, 4.69) is 0 Å². The van der Waals surface area contributed by atoms with Crippen LogP contribution in [0.4, 0.5) is 13.2 Å². The van der Waals surface area contributed by atoms with Crippen molar-refractivity contribution in [3.63, 3.8) is 0 Å². The van der Waals surface area contributed by atoms with Crippen molar-refractivity contribution in [2.24, 2.45) is 0 Å². The summed E-state index contributed by atoms with van der Waals surface area (Å²) >= 11 is 0. The molecule has 4 heteroatoms. The van der Waals surface area contributed by atoms with Gasteiger partial charge >= 0.3 is 6.18 Å². The molecule has 2 aromatic rings. The second-order valence-electron chi connectivity index (χ2n) is 4.69. The Morgan fingerprint density at radius 1 is 0.952 bits per heavy atom. The molecule has 0 N–H and O–H groups in total. The monoisotopic (exact) mass is 290 g/mol. The molecule has 1 nitrogen and oxygen atoms in total. The molecule has 0 aliphatic heterocycles. The average molecular weight is 290 g/mol. The van der Waals surface area contributed by atoms with E-state index in [1.165, 1.54) is 6.07 Å². The van der Waals surface area contributed by atoms with E-state index in [0.29, 0.717) is 11.1 Å². The summed E-state index contributed by atoms with van der Waals surface area (Å²) in [4.78, 5) is 10.8. The highest BCUT2D eigenvalue weighted by atomic mass is 19.4. The Balaban J connectivity index is 2.31. The highest BCUT2D eigenvalue weighted by Gasteiger charge is 2.30. The number of rotatable bonds is 3. The summed E-state index contributed by atoms with van der Waals surface area (Å²) in [5.41, 5.74) is 2.06. The Hall–Kier alpha value is -2.36. The minimum absolute atomic E-state index is 0.459. The molecule has 0 heterocycles. The average Bonchev–Trinajstić information content (AvgIpc) is 2.46. The van der Waals surface area contributed by atoms with E-state index in [0.717, 1.165) is 29.5 Å². The maximum atomic E-state index is 12.6. The molecular weight excluding hydrogens is 277 g/mol. The van der Waals surface area contributed by atoms with Gasteiger partial charge in [0.25, 0.3) is 0 Å². The van der Waals surface area contributed by atoms with Crippen molar-refractivity contribution in [2.75, 3.05) is 0 Å². The van der Waals surface area contributed by atoms with Crippen LogP contribution in [0.1, 0.15) is 32.6 Å². The van der Waals surface area contributed by atoms with Gasteiger partial charge in [0.1, 0.15) is 6.29 Å². The largest absolute Gasteiger partial charge is 0.416 e. The molecule has 2 aromatic carbocycles. The van der Waals surface area contributed by atoms with Gasteiger partial charge in [0.2, 0.25) is 0 Å². The van der Waals surface area contributed by atoms with Crippen LogP contribution >= 0.6 is 0 Å². The summed E-state index contributed by atoms with van der Waals surface area (Å²) in [6.07, 6.45) is -0.303. The normalized spacial score (nSPS) is 11.8. The molecule has 0 spiro atoms. The van der Waals surface area contributed by atoms with Crippen molar-refractivity contribution in [1.29, 1.82) is 0 Å². The molecule has 0 atom stereocenters. The zero-order valence-corrected chi connectivity index (χ0v) is 11.3. The van der Waals surface area contributed by atoms with Crippen LogP contribution in [0.25, 0.3) is 12.2 Å². The maximum Gasteiger partial charge on any atom is 0.416 e. The molecule has 2 rings (SSSR count). The van der Waals surface area contributed by atoms with Crippen LogP contribution in [0, 0.1) is 6.92 Å². The Morgan fingerprint density at radius 3 is 2.38 bits per heavy atom. The third kappa shape index (κ3) is 3.81. The molecule has 0 aromatic heterocycles. The molecule has 0 fully saturated rings. The first-order valence-corrected chi connectivity index (χ1v) is 6.31. The molecule has 0 aliphatic rings. The van der Waals surface area contributed by atoms with Crippen molar-refractivity contribution >= 4 is 18.4 Å². The van der Waals surface area contributed by atoms with Gasteiger partial charge in [-0.15, -0.1) is 0 Å². The summed E-state index contributed by atoms with van der Waals surface area (Å²) in [5.74, 6) is 0. The van der Waals surface area contributed by atoms with Gasteiger partial charge in [-0.05, 0) is 41.8 Å². The van der Waals surface area contributed by atoms with Crippen molar-refractivity contribution in [1.82, 2.24) is 0 Å². The first kappa shape index (κ1) is 15.0. The predicted octanol–water partition coefficient (Wildman–Crippen LogP) is 5.00. The Morgan fingerprint density at radius 2 is 1.71 bits per heavy atom. The minimum atomic E-state index is -4.35. The third-order valence-corrected chi connectivity index (χ3v) is 3.11. The second-order valence-corrected chi connectivity index (χ2v) is 4.69. The molecule has 0 bridgehead atoms. The number of aryl methyl sites for hydroxylation is 1. The van der Waals surface area contributed by atoms with E-state index in [-0.39, 0.29) is 0 Å².